The van der Waals surface area contributed by atoms with Gasteiger partial charge >= 0.3 is 0 Å². The van der Waals surface area contributed by atoms with E-state index in [1.54, 1.807) is 23.5 Å². The Morgan fingerprint density at radius 1 is 0.808 bits per heavy atom. The van der Waals surface area contributed by atoms with Crippen LogP contribution < -0.4 is 10.6 Å². The maximum absolute atomic E-state index is 11.9. The van der Waals surface area contributed by atoms with E-state index in [-0.39, 0.29) is 11.8 Å². The molecule has 2 rings (SSSR count). The topological polar surface area (TPSA) is 110 Å². The Balaban J connectivity index is 1.61. The summed E-state index contributed by atoms with van der Waals surface area (Å²) in [5.74, 6) is 1.61. The normalized spacial score (nSPS) is 10.7. The fourth-order valence-electron chi connectivity index (χ4n) is 1.82. The molecule has 0 radical (unpaired) electrons. The van der Waals surface area contributed by atoms with Crippen molar-refractivity contribution in [3.05, 3.63) is 0 Å². The van der Waals surface area contributed by atoms with E-state index >= 15 is 0 Å². The van der Waals surface area contributed by atoms with Crippen molar-refractivity contribution in [2.75, 3.05) is 22.1 Å². The third-order valence-corrected chi connectivity index (χ3v) is 6.61. The molecule has 0 atom stereocenters. The summed E-state index contributed by atoms with van der Waals surface area (Å²) in [6.45, 7) is 4.07. The monoisotopic (exact) mass is 432 g/mol. The molecular weight excluding hydrogens is 412 g/mol. The number of aromatic nitrogens is 4. The highest BCUT2D eigenvalue weighted by Crippen LogP contribution is 2.26. The summed E-state index contributed by atoms with van der Waals surface area (Å²) in [5.41, 5.74) is 0. The molecule has 0 fully saturated rings. The van der Waals surface area contributed by atoms with Crippen LogP contribution in [-0.2, 0) is 9.59 Å². The van der Waals surface area contributed by atoms with Gasteiger partial charge in [0.15, 0.2) is 8.68 Å². The van der Waals surface area contributed by atoms with Gasteiger partial charge in [0.05, 0.1) is 0 Å². The number of thioether (sulfide) groups is 2. The number of anilines is 2. The Hall–Kier alpha value is -1.24. The SMILES string of the molecule is CCSc1nnc(NC(=O)CCCCC(=O)Nc2nnc(SCC)s2)s1. The Labute approximate surface area is 168 Å². The maximum atomic E-state index is 11.9. The van der Waals surface area contributed by atoms with Gasteiger partial charge in [-0.1, -0.05) is 60.0 Å². The molecule has 0 spiro atoms. The molecule has 0 saturated heterocycles. The van der Waals surface area contributed by atoms with E-state index in [2.05, 4.69) is 31.0 Å². The summed E-state index contributed by atoms with van der Waals surface area (Å²) in [6, 6.07) is 0. The Kier molecular flexibility index (Phi) is 9.29. The van der Waals surface area contributed by atoms with E-state index in [1.807, 2.05) is 13.8 Å². The molecule has 2 heterocycles. The number of rotatable bonds is 11. The van der Waals surface area contributed by atoms with Crippen LogP contribution in [0.25, 0.3) is 0 Å². The predicted octanol–water partition coefficient (Wildman–Crippen LogP) is 3.75. The summed E-state index contributed by atoms with van der Waals surface area (Å²) in [6.07, 6.45) is 1.95. The molecule has 0 aliphatic heterocycles. The zero-order valence-corrected chi connectivity index (χ0v) is 17.7. The Morgan fingerprint density at radius 2 is 1.23 bits per heavy atom. The van der Waals surface area contributed by atoms with Gasteiger partial charge < -0.3 is 10.6 Å². The lowest BCUT2D eigenvalue weighted by molar-refractivity contribution is -0.118. The fraction of sp³-hybridized carbons (Fsp3) is 0.571. The molecule has 0 aliphatic rings. The predicted molar refractivity (Wildman–Crippen MR) is 108 cm³/mol. The second-order valence-corrected chi connectivity index (χ2v) is 9.89. The minimum absolute atomic E-state index is 0.111. The number of hydrogen-bond acceptors (Lipinski definition) is 10. The molecule has 2 N–H and O–H groups in total. The van der Waals surface area contributed by atoms with Crippen LogP contribution in [0, 0.1) is 0 Å². The second-order valence-electron chi connectivity index (χ2n) is 4.92. The molecule has 0 aliphatic carbocycles. The largest absolute Gasteiger partial charge is 0.301 e. The number of unbranched alkanes of at least 4 members (excludes halogenated alkanes) is 1. The number of hydrogen-bond donors (Lipinski definition) is 2. The third kappa shape index (κ3) is 7.56. The Morgan fingerprint density at radius 3 is 1.62 bits per heavy atom. The highest BCUT2D eigenvalue weighted by Gasteiger charge is 2.10. The zero-order valence-electron chi connectivity index (χ0n) is 14.5. The number of amides is 2. The van der Waals surface area contributed by atoms with E-state index in [1.165, 1.54) is 22.7 Å². The molecule has 26 heavy (non-hydrogen) atoms. The van der Waals surface area contributed by atoms with Crippen LogP contribution in [0.1, 0.15) is 39.5 Å². The van der Waals surface area contributed by atoms with Crippen LogP contribution in [0.2, 0.25) is 0 Å². The van der Waals surface area contributed by atoms with Crippen molar-refractivity contribution < 1.29 is 9.59 Å². The molecule has 12 heteroatoms. The molecule has 0 saturated carbocycles. The van der Waals surface area contributed by atoms with Crippen molar-refractivity contribution >= 4 is 68.3 Å². The first-order valence-corrected chi connectivity index (χ1v) is 11.7. The first-order valence-electron chi connectivity index (χ1n) is 8.13. The zero-order chi connectivity index (χ0) is 18.8. The standard InChI is InChI=1S/C14H20N6O2S4/c1-3-23-13-19-17-11(25-13)15-9(21)7-5-6-8-10(22)16-12-18-20-14(26-12)24-4-2/h3-8H2,1-2H3,(H,15,17,21)(H,16,18,22). The van der Waals surface area contributed by atoms with E-state index in [0.29, 0.717) is 35.9 Å². The van der Waals surface area contributed by atoms with Gasteiger partial charge in [-0.2, -0.15) is 0 Å². The number of carbonyl (C=O) groups excluding carboxylic acids is 2. The lowest BCUT2D eigenvalue weighted by atomic mass is 10.2. The fourth-order valence-corrected chi connectivity index (χ4v) is 5.15. The van der Waals surface area contributed by atoms with Gasteiger partial charge in [0.1, 0.15) is 0 Å². The molecule has 2 aromatic heterocycles. The van der Waals surface area contributed by atoms with Crippen LogP contribution in [0.4, 0.5) is 10.3 Å². The van der Waals surface area contributed by atoms with Gasteiger partial charge in [0.25, 0.3) is 0 Å². The molecule has 0 aromatic carbocycles. The van der Waals surface area contributed by atoms with Gasteiger partial charge in [0.2, 0.25) is 22.1 Å². The molecule has 142 valence electrons. The van der Waals surface area contributed by atoms with Crippen molar-refractivity contribution in [1.82, 2.24) is 20.4 Å². The average Bonchev–Trinajstić information content (AvgIpc) is 3.22. The van der Waals surface area contributed by atoms with Crippen molar-refractivity contribution in [1.29, 1.82) is 0 Å². The van der Waals surface area contributed by atoms with Gasteiger partial charge in [-0.3, -0.25) is 9.59 Å². The quantitative estimate of drug-likeness (QED) is 0.314. The van der Waals surface area contributed by atoms with Crippen molar-refractivity contribution in [3.63, 3.8) is 0 Å². The lowest BCUT2D eigenvalue weighted by Crippen LogP contribution is -2.13. The van der Waals surface area contributed by atoms with Gasteiger partial charge in [-0.25, -0.2) is 0 Å². The van der Waals surface area contributed by atoms with Crippen molar-refractivity contribution in [3.8, 4) is 0 Å². The van der Waals surface area contributed by atoms with E-state index in [4.69, 9.17) is 0 Å². The summed E-state index contributed by atoms with van der Waals surface area (Å²) in [4.78, 5) is 23.8. The molecule has 0 bridgehead atoms. The molecule has 0 unspecified atom stereocenters. The first-order chi connectivity index (χ1) is 12.6. The van der Waals surface area contributed by atoms with Crippen LogP contribution in [-0.4, -0.2) is 43.7 Å². The minimum atomic E-state index is -0.111. The van der Waals surface area contributed by atoms with E-state index in [0.717, 1.165) is 20.2 Å². The summed E-state index contributed by atoms with van der Waals surface area (Å²) in [7, 11) is 0. The smallest absolute Gasteiger partial charge is 0.226 e. The van der Waals surface area contributed by atoms with Gasteiger partial charge in [0, 0.05) is 12.8 Å². The van der Waals surface area contributed by atoms with Crippen LogP contribution >= 0.6 is 46.2 Å². The number of nitrogens with one attached hydrogen (secondary N) is 2. The Bertz CT molecular complexity index is 660. The van der Waals surface area contributed by atoms with E-state index < -0.39 is 0 Å². The summed E-state index contributed by atoms with van der Waals surface area (Å²) in [5, 5.41) is 22.3. The van der Waals surface area contributed by atoms with Crippen molar-refractivity contribution in [2.45, 2.75) is 48.2 Å². The van der Waals surface area contributed by atoms with Gasteiger partial charge in [-0.15, -0.1) is 20.4 Å². The molecule has 2 aromatic rings. The molecule has 8 nitrogen and oxygen atoms in total. The first kappa shape index (κ1) is 21.1. The second kappa shape index (κ2) is 11.5. The number of carbonyl (C=O) groups is 2. The molecular formula is C14H20N6O2S4. The van der Waals surface area contributed by atoms with Crippen LogP contribution in [0.3, 0.4) is 0 Å². The highest BCUT2D eigenvalue weighted by atomic mass is 32.2. The average molecular weight is 433 g/mol. The molecule has 2 amide bonds. The third-order valence-electron chi connectivity index (χ3n) is 2.90. The summed E-state index contributed by atoms with van der Waals surface area (Å²) >= 11 is 5.92. The van der Waals surface area contributed by atoms with Gasteiger partial charge in [-0.05, 0) is 24.3 Å². The minimum Gasteiger partial charge on any atom is -0.301 e. The maximum Gasteiger partial charge on any atom is 0.226 e. The number of nitrogens with zero attached hydrogens (tertiary/aromatic N) is 4. The van der Waals surface area contributed by atoms with E-state index in [9.17, 15) is 9.59 Å². The lowest BCUT2D eigenvalue weighted by Gasteiger charge is -2.02. The van der Waals surface area contributed by atoms with Crippen LogP contribution in [0.15, 0.2) is 8.68 Å². The van der Waals surface area contributed by atoms with Crippen LogP contribution in [0.5, 0.6) is 0 Å². The highest BCUT2D eigenvalue weighted by molar-refractivity contribution is 8.01. The summed E-state index contributed by atoms with van der Waals surface area (Å²) < 4.78 is 1.69. The van der Waals surface area contributed by atoms with Crippen molar-refractivity contribution in [2.24, 2.45) is 0 Å².